The van der Waals surface area contributed by atoms with Crippen LogP contribution in [0.4, 0.5) is 0 Å². The molecule has 0 radical (unpaired) electrons. The third kappa shape index (κ3) is 3.75. The van der Waals surface area contributed by atoms with E-state index in [4.69, 9.17) is 0 Å². The van der Waals surface area contributed by atoms with Crippen LogP contribution in [0.3, 0.4) is 0 Å². The number of nitrogens with zero attached hydrogens (tertiary/aromatic N) is 2. The molecule has 0 aliphatic heterocycles. The maximum Gasteiger partial charge on any atom is 0.183 e. The maximum atomic E-state index is 12.3. The number of rotatable bonds is 6. The SMILES string of the molecule is CCCC(=O)c1cc(-c2ccc(S(C)(=O)=O)cc2)n(-c2ccccc2)n1. The first kappa shape index (κ1) is 18.1. The van der Waals surface area contributed by atoms with Crippen molar-refractivity contribution in [3.05, 3.63) is 66.4 Å². The molecule has 0 aliphatic carbocycles. The van der Waals surface area contributed by atoms with Crippen molar-refractivity contribution in [1.82, 2.24) is 9.78 Å². The van der Waals surface area contributed by atoms with Gasteiger partial charge in [0, 0.05) is 18.2 Å². The number of hydrogen-bond donors (Lipinski definition) is 0. The van der Waals surface area contributed by atoms with Crippen molar-refractivity contribution in [3.63, 3.8) is 0 Å². The molecule has 5 nitrogen and oxygen atoms in total. The monoisotopic (exact) mass is 368 g/mol. The quantitative estimate of drug-likeness (QED) is 0.618. The molecule has 0 bridgehead atoms. The van der Waals surface area contributed by atoms with Gasteiger partial charge in [0.25, 0.3) is 0 Å². The second-order valence-corrected chi connectivity index (χ2v) is 8.15. The van der Waals surface area contributed by atoms with Crippen molar-refractivity contribution in [2.45, 2.75) is 24.7 Å². The minimum absolute atomic E-state index is 0.00353. The third-order valence-electron chi connectivity index (χ3n) is 4.05. The lowest BCUT2D eigenvalue weighted by atomic mass is 10.1. The lowest BCUT2D eigenvalue weighted by molar-refractivity contribution is 0.0976. The lowest BCUT2D eigenvalue weighted by Gasteiger charge is -2.08. The van der Waals surface area contributed by atoms with E-state index in [0.717, 1.165) is 23.4 Å². The molecule has 1 heterocycles. The Morgan fingerprint density at radius 1 is 1.04 bits per heavy atom. The molecule has 134 valence electrons. The Morgan fingerprint density at radius 3 is 2.27 bits per heavy atom. The van der Waals surface area contributed by atoms with Crippen molar-refractivity contribution in [2.24, 2.45) is 0 Å². The molecular weight excluding hydrogens is 348 g/mol. The number of Topliss-reactive ketones (excluding diaryl/α,β-unsaturated/α-hetero) is 1. The lowest BCUT2D eigenvalue weighted by Crippen LogP contribution is -2.03. The molecule has 0 saturated carbocycles. The third-order valence-corrected chi connectivity index (χ3v) is 5.18. The molecule has 6 heteroatoms. The van der Waals surface area contributed by atoms with Gasteiger partial charge in [-0.3, -0.25) is 4.79 Å². The van der Waals surface area contributed by atoms with Crippen LogP contribution in [0.1, 0.15) is 30.3 Å². The summed E-state index contributed by atoms with van der Waals surface area (Å²) in [5.41, 5.74) is 2.79. The summed E-state index contributed by atoms with van der Waals surface area (Å²) in [7, 11) is -3.26. The molecule has 0 aliphatic rings. The number of hydrogen-bond acceptors (Lipinski definition) is 4. The smallest absolute Gasteiger partial charge is 0.183 e. The Bertz CT molecular complexity index is 1020. The normalized spacial score (nSPS) is 11.5. The fourth-order valence-electron chi connectivity index (χ4n) is 2.72. The van der Waals surface area contributed by atoms with Gasteiger partial charge in [0.05, 0.1) is 16.3 Å². The Balaban J connectivity index is 2.11. The van der Waals surface area contributed by atoms with E-state index >= 15 is 0 Å². The molecule has 3 rings (SSSR count). The summed E-state index contributed by atoms with van der Waals surface area (Å²) in [5.74, 6) is -0.00353. The molecule has 0 spiro atoms. The van der Waals surface area contributed by atoms with Crippen LogP contribution >= 0.6 is 0 Å². The second kappa shape index (κ2) is 7.25. The summed E-state index contributed by atoms with van der Waals surface area (Å²) in [6.07, 6.45) is 2.38. The van der Waals surface area contributed by atoms with Crippen LogP contribution in [-0.4, -0.2) is 30.2 Å². The molecular formula is C20H20N2O3S. The molecule has 2 aromatic carbocycles. The minimum atomic E-state index is -3.26. The number of benzene rings is 2. The Labute approximate surface area is 153 Å². The fraction of sp³-hybridized carbons (Fsp3) is 0.200. The van der Waals surface area contributed by atoms with Crippen molar-refractivity contribution >= 4 is 15.6 Å². The average Bonchev–Trinajstić information content (AvgIpc) is 3.07. The first-order chi connectivity index (χ1) is 12.4. The van der Waals surface area contributed by atoms with E-state index in [0.29, 0.717) is 12.1 Å². The van der Waals surface area contributed by atoms with E-state index in [1.807, 2.05) is 37.3 Å². The van der Waals surface area contributed by atoms with Gasteiger partial charge in [-0.15, -0.1) is 0 Å². The number of ketones is 1. The van der Waals surface area contributed by atoms with Crippen LogP contribution in [-0.2, 0) is 9.84 Å². The van der Waals surface area contributed by atoms with Crippen LogP contribution in [0.15, 0.2) is 65.6 Å². The summed E-state index contributed by atoms with van der Waals surface area (Å²) in [4.78, 5) is 12.6. The van der Waals surface area contributed by atoms with E-state index in [-0.39, 0.29) is 10.7 Å². The Morgan fingerprint density at radius 2 is 1.69 bits per heavy atom. The highest BCUT2D eigenvalue weighted by molar-refractivity contribution is 7.90. The molecule has 0 fully saturated rings. The maximum absolute atomic E-state index is 12.3. The second-order valence-electron chi connectivity index (χ2n) is 6.13. The molecule has 0 unspecified atom stereocenters. The minimum Gasteiger partial charge on any atom is -0.292 e. The van der Waals surface area contributed by atoms with Crippen molar-refractivity contribution in [1.29, 1.82) is 0 Å². The number of para-hydroxylation sites is 1. The van der Waals surface area contributed by atoms with Crippen LogP contribution in [0.25, 0.3) is 16.9 Å². The molecule has 1 aromatic heterocycles. The van der Waals surface area contributed by atoms with Crippen LogP contribution in [0.2, 0.25) is 0 Å². The van der Waals surface area contributed by atoms with Gasteiger partial charge in [0.15, 0.2) is 15.6 Å². The van der Waals surface area contributed by atoms with Crippen LogP contribution < -0.4 is 0 Å². The largest absolute Gasteiger partial charge is 0.292 e. The highest BCUT2D eigenvalue weighted by atomic mass is 32.2. The standard InChI is InChI=1S/C20H20N2O3S/c1-3-7-20(23)18-14-19(22(21-18)16-8-5-4-6-9-16)15-10-12-17(13-11-15)26(2,24)25/h4-6,8-14H,3,7H2,1-2H3. The highest BCUT2D eigenvalue weighted by Gasteiger charge is 2.17. The highest BCUT2D eigenvalue weighted by Crippen LogP contribution is 2.26. The summed E-state index contributed by atoms with van der Waals surface area (Å²) in [6, 6.07) is 17.9. The molecule has 3 aromatic rings. The van der Waals surface area contributed by atoms with Crippen LogP contribution in [0, 0.1) is 0 Å². The van der Waals surface area contributed by atoms with E-state index in [2.05, 4.69) is 5.10 Å². The van der Waals surface area contributed by atoms with E-state index in [1.54, 1.807) is 35.0 Å². The number of sulfone groups is 1. The molecule has 0 N–H and O–H groups in total. The van der Waals surface area contributed by atoms with Gasteiger partial charge < -0.3 is 0 Å². The first-order valence-corrected chi connectivity index (χ1v) is 10.3. The predicted molar refractivity (Wildman–Crippen MR) is 101 cm³/mol. The molecule has 0 saturated heterocycles. The number of carbonyl (C=O) groups is 1. The first-order valence-electron chi connectivity index (χ1n) is 8.39. The van der Waals surface area contributed by atoms with Crippen molar-refractivity contribution < 1.29 is 13.2 Å². The Kier molecular flexibility index (Phi) is 5.04. The average molecular weight is 368 g/mol. The van der Waals surface area contributed by atoms with Gasteiger partial charge in [-0.1, -0.05) is 37.3 Å². The van der Waals surface area contributed by atoms with Gasteiger partial charge in [0.2, 0.25) is 0 Å². The summed E-state index contributed by atoms with van der Waals surface area (Å²) >= 11 is 0. The fourth-order valence-corrected chi connectivity index (χ4v) is 3.35. The predicted octanol–water partition coefficient (Wildman–Crippen LogP) is 3.93. The summed E-state index contributed by atoms with van der Waals surface area (Å²) < 4.78 is 25.1. The molecule has 0 amide bonds. The zero-order valence-electron chi connectivity index (χ0n) is 14.7. The summed E-state index contributed by atoms with van der Waals surface area (Å²) in [6.45, 7) is 1.96. The number of carbonyl (C=O) groups excluding carboxylic acids is 1. The van der Waals surface area contributed by atoms with E-state index < -0.39 is 9.84 Å². The van der Waals surface area contributed by atoms with Gasteiger partial charge in [0.1, 0.15) is 5.69 Å². The topological polar surface area (TPSA) is 69.0 Å². The van der Waals surface area contributed by atoms with Gasteiger partial charge in [-0.2, -0.15) is 5.10 Å². The number of aromatic nitrogens is 2. The van der Waals surface area contributed by atoms with Crippen LogP contribution in [0.5, 0.6) is 0 Å². The van der Waals surface area contributed by atoms with E-state index in [9.17, 15) is 13.2 Å². The summed E-state index contributed by atoms with van der Waals surface area (Å²) in [5, 5.41) is 4.50. The zero-order valence-corrected chi connectivity index (χ0v) is 15.5. The molecule has 26 heavy (non-hydrogen) atoms. The van der Waals surface area contributed by atoms with Crippen molar-refractivity contribution in [2.75, 3.05) is 6.26 Å². The van der Waals surface area contributed by atoms with Crippen molar-refractivity contribution in [3.8, 4) is 16.9 Å². The van der Waals surface area contributed by atoms with Gasteiger partial charge in [-0.25, -0.2) is 13.1 Å². The van der Waals surface area contributed by atoms with Gasteiger partial charge >= 0.3 is 0 Å². The molecule has 0 atom stereocenters. The van der Waals surface area contributed by atoms with Gasteiger partial charge in [-0.05, 0) is 36.8 Å². The Hall–Kier alpha value is -2.73. The zero-order chi connectivity index (χ0) is 18.7. The van der Waals surface area contributed by atoms with E-state index in [1.165, 1.54) is 6.26 Å².